The van der Waals surface area contributed by atoms with Gasteiger partial charge in [-0.15, -0.1) is 0 Å². The van der Waals surface area contributed by atoms with Crippen molar-refractivity contribution in [2.24, 2.45) is 0 Å². The minimum atomic E-state index is -0.253. The van der Waals surface area contributed by atoms with Crippen molar-refractivity contribution in [2.45, 2.75) is 23.0 Å². The smallest absolute Gasteiger partial charge is 0.195 e. The number of nitrogens with zero attached hydrogens (tertiary/aromatic N) is 4. The van der Waals surface area contributed by atoms with Crippen molar-refractivity contribution in [3.63, 3.8) is 0 Å². The molecule has 0 amide bonds. The quantitative estimate of drug-likeness (QED) is 0.480. The van der Waals surface area contributed by atoms with Gasteiger partial charge in [-0.1, -0.05) is 12.1 Å². The Kier molecular flexibility index (Phi) is 5.71. The number of nitrogen functional groups attached to an aromatic ring is 1. The molecular formula is C21H20FN5O2S. The summed E-state index contributed by atoms with van der Waals surface area (Å²) in [5.41, 5.74) is 7.45. The summed E-state index contributed by atoms with van der Waals surface area (Å²) >= 11 is 1.35. The molecule has 0 bridgehead atoms. The molecule has 2 aliphatic rings. The molecular weight excluding hydrogens is 405 g/mol. The van der Waals surface area contributed by atoms with Gasteiger partial charge < -0.3 is 19.8 Å². The lowest BCUT2D eigenvalue weighted by molar-refractivity contribution is 0.394. The topological polar surface area (TPSA) is 88.1 Å². The number of benzene rings is 2. The summed E-state index contributed by atoms with van der Waals surface area (Å²) in [6.45, 7) is 0.568. The molecule has 2 aromatic carbocycles. The minimum absolute atomic E-state index is 0.253. The van der Waals surface area contributed by atoms with Crippen LogP contribution in [0.1, 0.15) is 5.56 Å². The lowest BCUT2D eigenvalue weighted by Gasteiger charge is -2.11. The monoisotopic (exact) mass is 425 g/mol. The first-order chi connectivity index (χ1) is 14.6. The fraction of sp³-hybridized carbons (Fsp3) is 0.190. The number of nitrogens with two attached hydrogens (primary N) is 1. The molecule has 30 heavy (non-hydrogen) atoms. The summed E-state index contributed by atoms with van der Waals surface area (Å²) in [7, 11) is 3.22. The van der Waals surface area contributed by atoms with E-state index in [0.29, 0.717) is 47.0 Å². The highest BCUT2D eigenvalue weighted by molar-refractivity contribution is 7.99. The van der Waals surface area contributed by atoms with Gasteiger partial charge >= 0.3 is 0 Å². The van der Waals surface area contributed by atoms with E-state index >= 15 is 0 Å². The van der Waals surface area contributed by atoms with Crippen LogP contribution in [-0.2, 0) is 13.0 Å². The Balaban J connectivity index is 1.63. The van der Waals surface area contributed by atoms with Crippen LogP contribution in [-0.4, -0.2) is 33.7 Å². The number of imidazole rings is 1. The minimum Gasteiger partial charge on any atom is -0.497 e. The van der Waals surface area contributed by atoms with E-state index in [2.05, 4.69) is 15.0 Å². The lowest BCUT2D eigenvalue weighted by atomic mass is 10.1. The molecule has 0 aromatic heterocycles. The first kappa shape index (κ1) is 20.0. The highest BCUT2D eigenvalue weighted by Crippen LogP contribution is 2.38. The molecule has 2 aliphatic heterocycles. The van der Waals surface area contributed by atoms with E-state index in [4.69, 9.17) is 15.2 Å². The van der Waals surface area contributed by atoms with E-state index in [-0.39, 0.29) is 5.82 Å². The molecule has 0 atom stereocenters. The molecule has 2 heterocycles. The van der Waals surface area contributed by atoms with Crippen LogP contribution >= 0.6 is 11.8 Å². The van der Waals surface area contributed by atoms with Gasteiger partial charge in [-0.05, 0) is 54.1 Å². The maximum absolute atomic E-state index is 13.4. The highest BCUT2D eigenvalue weighted by Gasteiger charge is 2.20. The summed E-state index contributed by atoms with van der Waals surface area (Å²) in [4.78, 5) is 14.3. The van der Waals surface area contributed by atoms with Gasteiger partial charge in [0.05, 0.1) is 25.4 Å². The number of fused-ring (bicyclic) bond motifs is 1. The van der Waals surface area contributed by atoms with E-state index in [9.17, 15) is 4.39 Å². The largest absolute Gasteiger partial charge is 0.497 e. The molecule has 9 heteroatoms. The second kappa shape index (κ2) is 8.58. The third kappa shape index (κ3) is 4.16. The van der Waals surface area contributed by atoms with Crippen molar-refractivity contribution in [1.29, 1.82) is 0 Å². The van der Waals surface area contributed by atoms with Gasteiger partial charge in [-0.3, -0.25) is 0 Å². The van der Waals surface area contributed by atoms with Crippen LogP contribution in [0.4, 0.5) is 10.2 Å². The lowest BCUT2D eigenvalue weighted by Crippen LogP contribution is -2.10. The predicted molar refractivity (Wildman–Crippen MR) is 113 cm³/mol. The molecule has 0 spiro atoms. The van der Waals surface area contributed by atoms with Crippen molar-refractivity contribution in [3.8, 4) is 23.0 Å². The van der Waals surface area contributed by atoms with Crippen molar-refractivity contribution in [1.82, 2.24) is 19.5 Å². The zero-order valence-corrected chi connectivity index (χ0v) is 17.3. The Hall–Kier alpha value is -3.33. The second-order valence-corrected chi connectivity index (χ2v) is 7.51. The van der Waals surface area contributed by atoms with Gasteiger partial charge in [0.2, 0.25) is 0 Å². The van der Waals surface area contributed by atoms with Gasteiger partial charge in [0, 0.05) is 6.54 Å². The SMILES string of the molecule is COc1ccc(OC)c(Sc2nc3c(N)ncn(CCc4cccc(F)c4)c-3n2)c1. The summed E-state index contributed by atoms with van der Waals surface area (Å²) in [5, 5.41) is 0.524. The zero-order chi connectivity index (χ0) is 21.1. The number of aryl methyl sites for hydroxylation is 2. The Morgan fingerprint density at radius 1 is 1.10 bits per heavy atom. The van der Waals surface area contributed by atoms with Crippen molar-refractivity contribution < 1.29 is 13.9 Å². The van der Waals surface area contributed by atoms with Crippen LogP contribution in [0.15, 0.2) is 58.8 Å². The Morgan fingerprint density at radius 3 is 2.73 bits per heavy atom. The molecule has 7 nitrogen and oxygen atoms in total. The molecule has 0 saturated carbocycles. The molecule has 154 valence electrons. The maximum atomic E-state index is 13.4. The normalized spacial score (nSPS) is 11.0. The van der Waals surface area contributed by atoms with Crippen molar-refractivity contribution in [2.75, 3.05) is 20.0 Å². The van der Waals surface area contributed by atoms with Crippen molar-refractivity contribution in [3.05, 3.63) is 60.2 Å². The second-order valence-electron chi connectivity index (χ2n) is 6.50. The van der Waals surface area contributed by atoms with Crippen LogP contribution in [0, 0.1) is 5.82 Å². The molecule has 0 saturated heterocycles. The number of halogens is 1. The van der Waals surface area contributed by atoms with Crippen LogP contribution < -0.4 is 15.2 Å². The summed E-state index contributed by atoms with van der Waals surface area (Å²) in [5.74, 6) is 2.09. The fourth-order valence-corrected chi connectivity index (χ4v) is 3.94. The average molecular weight is 425 g/mol. The highest BCUT2D eigenvalue weighted by atomic mass is 32.2. The van der Waals surface area contributed by atoms with E-state index in [1.54, 1.807) is 26.6 Å². The first-order valence-corrected chi connectivity index (χ1v) is 10.0. The molecule has 4 rings (SSSR count). The number of hydrogen-bond donors (Lipinski definition) is 1. The van der Waals surface area contributed by atoms with Crippen LogP contribution in [0.2, 0.25) is 0 Å². The van der Waals surface area contributed by atoms with E-state index in [1.165, 1.54) is 23.9 Å². The first-order valence-electron chi connectivity index (χ1n) is 9.20. The third-order valence-electron chi connectivity index (χ3n) is 4.57. The summed E-state index contributed by atoms with van der Waals surface area (Å²) in [6, 6.07) is 12.1. The van der Waals surface area contributed by atoms with Crippen LogP contribution in [0.3, 0.4) is 0 Å². The summed E-state index contributed by atoms with van der Waals surface area (Å²) in [6.07, 6.45) is 2.26. The molecule has 0 unspecified atom stereocenters. The molecule has 0 radical (unpaired) electrons. The van der Waals surface area contributed by atoms with Gasteiger partial charge in [-0.25, -0.2) is 19.3 Å². The van der Waals surface area contributed by atoms with Gasteiger partial charge in [0.1, 0.15) is 17.3 Å². The van der Waals surface area contributed by atoms with Crippen molar-refractivity contribution >= 4 is 17.6 Å². The van der Waals surface area contributed by atoms with E-state index in [0.717, 1.165) is 10.5 Å². The van der Waals surface area contributed by atoms with Gasteiger partial charge in [-0.2, -0.15) is 0 Å². The standard InChI is InChI=1S/C21H20FN5O2S/c1-28-15-6-7-16(29-2)17(11-15)30-21-25-18-19(23)24-12-27(20(18)26-21)9-8-13-4-3-5-14(22)10-13/h3-7,10-12H,8-9,23H2,1-2H3. The third-order valence-corrected chi connectivity index (χ3v) is 5.48. The van der Waals surface area contributed by atoms with Crippen LogP contribution in [0.25, 0.3) is 11.5 Å². The number of hydrogen-bond acceptors (Lipinski definition) is 7. The number of aromatic nitrogens is 4. The molecule has 0 fully saturated rings. The number of methoxy groups -OCH3 is 2. The van der Waals surface area contributed by atoms with E-state index in [1.807, 2.05) is 28.8 Å². The van der Waals surface area contributed by atoms with E-state index < -0.39 is 0 Å². The summed E-state index contributed by atoms with van der Waals surface area (Å²) < 4.78 is 26.0. The maximum Gasteiger partial charge on any atom is 0.195 e. The Morgan fingerprint density at radius 2 is 1.97 bits per heavy atom. The average Bonchev–Trinajstić information content (AvgIpc) is 3.18. The zero-order valence-electron chi connectivity index (χ0n) is 16.5. The number of ether oxygens (including phenoxy) is 2. The van der Waals surface area contributed by atoms with Crippen LogP contribution in [0.5, 0.6) is 11.5 Å². The molecule has 2 aromatic rings. The molecule has 2 N–H and O–H groups in total. The fourth-order valence-electron chi connectivity index (χ4n) is 3.05. The Bertz CT molecular complexity index is 1150. The Labute approximate surface area is 177 Å². The number of rotatable bonds is 7. The number of anilines is 1. The molecule has 0 aliphatic carbocycles. The predicted octanol–water partition coefficient (Wildman–Crippen LogP) is 3.91. The van der Waals surface area contributed by atoms with Gasteiger partial charge in [0.25, 0.3) is 0 Å². The van der Waals surface area contributed by atoms with Gasteiger partial charge in [0.15, 0.2) is 22.5 Å².